The average Bonchev–Trinajstić information content (AvgIpc) is 3.93. The first-order valence-electron chi connectivity index (χ1n) is 21.1. The average molecular weight is 942 g/mol. The minimum absolute atomic E-state index is 0.0437. The number of nitrogens with two attached hydrogens (primary N) is 1. The van der Waals surface area contributed by atoms with Crippen LogP contribution in [-0.2, 0) is 36.8 Å². The number of carbonyl (C=O) groups is 5. The number of hydrogen-bond donors (Lipinski definition) is 7. The molecule has 0 radical (unpaired) electrons. The Morgan fingerprint density at radius 1 is 0.714 bits per heavy atom. The number of anilines is 2. The van der Waals surface area contributed by atoms with Gasteiger partial charge in [0.05, 0.1) is 32.7 Å². The predicted octanol–water partition coefficient (Wildman–Crippen LogP) is 7.60. The number of carboxylic acids is 1. The number of hydrogen-bond acceptors (Lipinski definition) is 9. The highest BCUT2D eigenvalue weighted by Crippen LogP contribution is 2.43. The van der Waals surface area contributed by atoms with Gasteiger partial charge >= 0.3 is 11.9 Å². The third-order valence-electron chi connectivity index (χ3n) is 11.7. The maximum Gasteiger partial charge on any atom is 0.328 e. The third kappa shape index (κ3) is 15.2. The van der Waals surface area contributed by atoms with E-state index in [0.717, 1.165) is 68.9 Å². The summed E-state index contributed by atoms with van der Waals surface area (Å²) < 4.78 is 4.97. The van der Waals surface area contributed by atoms with Gasteiger partial charge in [-0.25, -0.2) is 9.59 Å². The van der Waals surface area contributed by atoms with Gasteiger partial charge in [-0.2, -0.15) is 0 Å². The number of rotatable bonds is 18. The summed E-state index contributed by atoms with van der Waals surface area (Å²) in [5, 5.41) is 25.1. The summed E-state index contributed by atoms with van der Waals surface area (Å²) in [7, 11) is 1.38. The van der Waals surface area contributed by atoms with Gasteiger partial charge in [0.2, 0.25) is 11.8 Å². The van der Waals surface area contributed by atoms with Crippen molar-refractivity contribution in [1.82, 2.24) is 21.3 Å². The van der Waals surface area contributed by atoms with Crippen LogP contribution in [0.5, 0.6) is 0 Å². The van der Waals surface area contributed by atoms with Gasteiger partial charge in [0.1, 0.15) is 12.1 Å². The molecule has 3 amide bonds. The predicted molar refractivity (Wildman–Crippen MR) is 256 cm³/mol. The highest BCUT2D eigenvalue weighted by Gasteiger charge is 2.40. The quantitative estimate of drug-likeness (QED) is 0.0375. The highest BCUT2D eigenvalue weighted by atomic mass is 35.5. The van der Waals surface area contributed by atoms with Crippen LogP contribution in [0.1, 0.15) is 99.5 Å². The number of benzene rings is 3. The van der Waals surface area contributed by atoms with Gasteiger partial charge in [0.15, 0.2) is 0 Å². The number of aliphatic carboxylic acids is 1. The first-order valence-corrected chi connectivity index (χ1v) is 22.6. The van der Waals surface area contributed by atoms with Gasteiger partial charge < -0.3 is 42.2 Å². The molecule has 0 aliphatic heterocycles. The summed E-state index contributed by atoms with van der Waals surface area (Å²) in [5.74, 6) is -1.92. The molecule has 0 saturated heterocycles. The minimum Gasteiger partial charge on any atom is -0.480 e. The van der Waals surface area contributed by atoms with Crippen molar-refractivity contribution in [1.29, 1.82) is 0 Å². The molecule has 17 heteroatoms. The summed E-state index contributed by atoms with van der Waals surface area (Å²) in [6.07, 6.45) is 10.0. The number of carboxylic acid groups (broad SMARTS) is 1. The number of ether oxygens (including phenoxy) is 1. The van der Waals surface area contributed by atoms with Crippen LogP contribution in [0.3, 0.4) is 0 Å². The molecule has 13 nitrogen and oxygen atoms in total. The number of nitrogens with one attached hydrogen (secondary N) is 5. The fourth-order valence-electron chi connectivity index (χ4n) is 8.16. The zero-order valence-corrected chi connectivity index (χ0v) is 39.1. The molecule has 2 saturated carbocycles. The summed E-state index contributed by atoms with van der Waals surface area (Å²) in [5.41, 5.74) is 8.40. The molecule has 340 valence electrons. The molecule has 2 unspecified atom stereocenters. The number of carbonyl (C=O) groups excluding carboxylic acids is 4. The molecule has 2 aliphatic rings. The standard InChI is InChI=1S/C26H29Cl2N3O4S.C20H29N3O3S/c1-16(32)29-14-13-26(11-2-3-12-26)25(36)31-21(24(34)35)15-17-7-9-18(10-8-17)30-23(33)22-19(27)5-4-6-20(22)28;1-14(24)22-12-11-20(9-3-4-10-20)19(27)23-17(18(25)26-2)13-15-5-7-16(21)8-6-15/h4-10,21H,2-3,11-15H2,1H3,(H,29,32)(H,30,33)(H,31,36)(H,34,35);5-8,17H,3-4,9-13,21H2,1-2H3,(H,22,24)(H,23,27). The Morgan fingerprint density at radius 3 is 1.57 bits per heavy atom. The van der Waals surface area contributed by atoms with Crippen molar-refractivity contribution >= 4 is 98.6 Å². The van der Waals surface area contributed by atoms with Gasteiger partial charge in [-0.15, -0.1) is 0 Å². The third-order valence-corrected chi connectivity index (χ3v) is 13.4. The lowest BCUT2D eigenvalue weighted by Gasteiger charge is -2.32. The normalized spacial score (nSPS) is 15.6. The van der Waals surface area contributed by atoms with Crippen molar-refractivity contribution in [3.63, 3.8) is 0 Å². The van der Waals surface area contributed by atoms with Crippen molar-refractivity contribution in [3.05, 3.63) is 93.5 Å². The molecule has 8 N–H and O–H groups in total. The van der Waals surface area contributed by atoms with Crippen LogP contribution in [0.4, 0.5) is 11.4 Å². The van der Waals surface area contributed by atoms with Crippen LogP contribution in [0.15, 0.2) is 66.7 Å². The zero-order valence-electron chi connectivity index (χ0n) is 36.0. The van der Waals surface area contributed by atoms with Crippen LogP contribution in [-0.4, -0.2) is 77.0 Å². The van der Waals surface area contributed by atoms with E-state index >= 15 is 0 Å². The Balaban J connectivity index is 0.000000288. The van der Waals surface area contributed by atoms with Gasteiger partial charge in [-0.3, -0.25) is 14.4 Å². The zero-order chi connectivity index (χ0) is 46.2. The number of nitrogen functional groups attached to an aromatic ring is 1. The van der Waals surface area contributed by atoms with Gasteiger partial charge in [0.25, 0.3) is 5.91 Å². The first kappa shape index (κ1) is 50.8. The number of thiocarbonyl (C=S) groups is 2. The number of methoxy groups -OCH3 is 1. The topological polar surface area (TPSA) is 201 Å². The number of amides is 3. The molecule has 0 heterocycles. The van der Waals surface area contributed by atoms with E-state index in [-0.39, 0.29) is 50.6 Å². The van der Waals surface area contributed by atoms with Crippen LogP contribution in [0.2, 0.25) is 10.0 Å². The van der Waals surface area contributed by atoms with Gasteiger partial charge in [0, 0.05) is 62.0 Å². The molecular weight excluding hydrogens is 884 g/mol. The van der Waals surface area contributed by atoms with Crippen molar-refractivity contribution in [2.75, 3.05) is 31.2 Å². The van der Waals surface area contributed by atoms with Crippen molar-refractivity contribution in [2.45, 2.75) is 103 Å². The molecule has 2 fully saturated rings. The summed E-state index contributed by atoms with van der Waals surface area (Å²) in [4.78, 5) is 60.6. The van der Waals surface area contributed by atoms with Crippen LogP contribution in [0.25, 0.3) is 0 Å². The number of halogens is 2. The van der Waals surface area contributed by atoms with Crippen molar-refractivity contribution in [2.24, 2.45) is 10.8 Å². The Morgan fingerprint density at radius 2 is 1.14 bits per heavy atom. The Labute approximate surface area is 390 Å². The SMILES string of the molecule is CC(=O)NCCC1(C(=S)NC(Cc2ccc(NC(=O)c3c(Cl)cccc3Cl)cc2)C(=O)O)CCCC1.COC(=O)C(Cc1ccc(N)cc1)NC(=S)C1(CCNC(C)=O)CCCC1. The lowest BCUT2D eigenvalue weighted by Crippen LogP contribution is -2.49. The summed E-state index contributed by atoms with van der Waals surface area (Å²) in [6, 6.07) is 17.7. The molecule has 0 bridgehead atoms. The summed E-state index contributed by atoms with van der Waals surface area (Å²) in [6.45, 7) is 4.07. The Kier molecular flexibility index (Phi) is 19.6. The van der Waals surface area contributed by atoms with Gasteiger partial charge in [-0.1, -0.05) is 104 Å². The molecule has 63 heavy (non-hydrogen) atoms. The molecule has 3 aromatic carbocycles. The van der Waals surface area contributed by atoms with E-state index in [4.69, 9.17) is 58.1 Å². The van der Waals surface area contributed by atoms with E-state index in [1.807, 2.05) is 24.3 Å². The van der Waals surface area contributed by atoms with Crippen LogP contribution < -0.4 is 32.3 Å². The highest BCUT2D eigenvalue weighted by molar-refractivity contribution is 7.80. The first-order chi connectivity index (χ1) is 30.0. The Bertz CT molecular complexity index is 2070. The van der Waals surface area contributed by atoms with E-state index in [2.05, 4.69) is 26.6 Å². The van der Waals surface area contributed by atoms with E-state index in [9.17, 15) is 29.1 Å². The second-order valence-electron chi connectivity index (χ2n) is 16.3. The molecule has 2 atom stereocenters. The van der Waals surface area contributed by atoms with E-state index in [1.54, 1.807) is 42.5 Å². The maximum absolute atomic E-state index is 12.6. The molecular formula is C46H58Cl2N6O7S2. The van der Waals surface area contributed by atoms with E-state index < -0.39 is 24.0 Å². The molecule has 3 aromatic rings. The minimum atomic E-state index is -1.00. The second-order valence-corrected chi connectivity index (χ2v) is 17.9. The lowest BCUT2D eigenvalue weighted by molar-refractivity contribution is -0.142. The van der Waals surface area contributed by atoms with E-state index in [0.29, 0.717) is 47.3 Å². The van der Waals surface area contributed by atoms with E-state index in [1.165, 1.54) is 21.0 Å². The van der Waals surface area contributed by atoms with Crippen LogP contribution >= 0.6 is 47.6 Å². The largest absolute Gasteiger partial charge is 0.480 e. The monoisotopic (exact) mass is 940 g/mol. The fraction of sp³-hybridized carbons (Fsp3) is 0.457. The Hall–Kier alpha value is -4.83. The molecule has 0 spiro atoms. The second kappa shape index (κ2) is 24.3. The van der Waals surface area contributed by atoms with Crippen LogP contribution in [0, 0.1) is 10.8 Å². The van der Waals surface area contributed by atoms with Crippen molar-refractivity contribution < 1.29 is 33.8 Å². The molecule has 2 aliphatic carbocycles. The smallest absolute Gasteiger partial charge is 0.328 e. The van der Waals surface area contributed by atoms with Crippen molar-refractivity contribution in [3.8, 4) is 0 Å². The summed E-state index contributed by atoms with van der Waals surface area (Å²) >= 11 is 23.6. The van der Waals surface area contributed by atoms with Gasteiger partial charge in [-0.05, 0) is 86.1 Å². The maximum atomic E-state index is 12.6. The fourth-order valence-corrected chi connectivity index (χ4v) is 9.62. The number of esters is 1. The molecule has 0 aromatic heterocycles. The molecule has 5 rings (SSSR count). The lowest BCUT2D eigenvalue weighted by atomic mass is 9.82.